The van der Waals surface area contributed by atoms with E-state index in [1.165, 1.54) is 25.7 Å². The smallest absolute Gasteiger partial charge is 0.241 e. The average molecular weight is 254 g/mol. The monoisotopic (exact) mass is 254 g/mol. The van der Waals surface area contributed by atoms with E-state index in [-0.39, 0.29) is 12.5 Å². The van der Waals surface area contributed by atoms with Crippen molar-refractivity contribution in [2.45, 2.75) is 38.6 Å². The van der Waals surface area contributed by atoms with E-state index in [1.54, 1.807) is 26.0 Å². The van der Waals surface area contributed by atoms with Crippen LogP contribution in [0.25, 0.3) is 0 Å². The largest absolute Gasteiger partial charge is 0.354 e. The van der Waals surface area contributed by atoms with E-state index in [0.29, 0.717) is 6.04 Å². The molecule has 1 amide bonds. The molecular formula is C13H26N4O. The first kappa shape index (κ1) is 14.8. The highest BCUT2D eigenvalue weighted by Gasteiger charge is 2.19. The Labute approximate surface area is 110 Å². The summed E-state index contributed by atoms with van der Waals surface area (Å²) in [5.74, 6) is 1.55. The minimum Gasteiger partial charge on any atom is -0.354 e. The summed E-state index contributed by atoms with van der Waals surface area (Å²) in [4.78, 5) is 17.2. The highest BCUT2D eigenvalue weighted by atomic mass is 16.2. The highest BCUT2D eigenvalue weighted by molar-refractivity contribution is 5.86. The molecule has 2 N–H and O–H groups in total. The number of amides is 1. The third kappa shape index (κ3) is 4.94. The second kappa shape index (κ2) is 7.24. The molecule has 0 spiro atoms. The van der Waals surface area contributed by atoms with Crippen LogP contribution in [0.15, 0.2) is 4.99 Å². The molecule has 2 atom stereocenters. The number of hydrogen-bond acceptors (Lipinski definition) is 2. The average Bonchev–Trinajstić information content (AvgIpc) is 2.33. The van der Waals surface area contributed by atoms with Gasteiger partial charge in [0.1, 0.15) is 0 Å². The van der Waals surface area contributed by atoms with E-state index in [0.717, 1.165) is 11.9 Å². The van der Waals surface area contributed by atoms with E-state index in [9.17, 15) is 4.79 Å². The number of likely N-dealkylation sites (N-methyl/N-ethyl adjacent to an activating group) is 1. The van der Waals surface area contributed by atoms with E-state index < -0.39 is 0 Å². The quantitative estimate of drug-likeness (QED) is 0.579. The lowest BCUT2D eigenvalue weighted by molar-refractivity contribution is -0.127. The molecule has 5 nitrogen and oxygen atoms in total. The molecule has 104 valence electrons. The SMILES string of the molecule is CN=C(NCC(=O)N(C)C)NC1CCCC(C)C1. The molecule has 1 aliphatic carbocycles. The molecule has 1 aliphatic rings. The van der Waals surface area contributed by atoms with Gasteiger partial charge in [0.05, 0.1) is 6.54 Å². The van der Waals surface area contributed by atoms with Crippen LogP contribution in [0.2, 0.25) is 0 Å². The van der Waals surface area contributed by atoms with Gasteiger partial charge >= 0.3 is 0 Å². The molecule has 0 bridgehead atoms. The number of nitrogens with one attached hydrogen (secondary N) is 2. The fourth-order valence-electron chi connectivity index (χ4n) is 2.27. The maximum absolute atomic E-state index is 11.5. The molecule has 0 saturated heterocycles. The molecule has 5 heteroatoms. The molecular weight excluding hydrogens is 228 g/mol. The standard InChI is InChI=1S/C13H26N4O/c1-10-6-5-7-11(8-10)16-13(14-2)15-9-12(18)17(3)4/h10-11H,5-9H2,1-4H3,(H2,14,15,16). The zero-order valence-corrected chi connectivity index (χ0v) is 12.0. The number of rotatable bonds is 3. The summed E-state index contributed by atoms with van der Waals surface area (Å²) in [6.07, 6.45) is 4.96. The Kier molecular flexibility index (Phi) is 5.95. The molecule has 0 radical (unpaired) electrons. The van der Waals surface area contributed by atoms with Crippen molar-refractivity contribution in [2.75, 3.05) is 27.7 Å². The third-order valence-electron chi connectivity index (χ3n) is 3.41. The van der Waals surface area contributed by atoms with Crippen LogP contribution in [0.5, 0.6) is 0 Å². The van der Waals surface area contributed by atoms with Crippen LogP contribution in [0, 0.1) is 5.92 Å². The minimum absolute atomic E-state index is 0.0509. The van der Waals surface area contributed by atoms with Crippen LogP contribution in [0.1, 0.15) is 32.6 Å². The normalized spacial score (nSPS) is 24.6. The van der Waals surface area contributed by atoms with Crippen molar-refractivity contribution in [1.82, 2.24) is 15.5 Å². The lowest BCUT2D eigenvalue weighted by Gasteiger charge is -2.28. The number of carbonyl (C=O) groups excluding carboxylic acids is 1. The van der Waals surface area contributed by atoms with E-state index in [2.05, 4.69) is 22.5 Å². The predicted molar refractivity (Wildman–Crippen MR) is 74.6 cm³/mol. The van der Waals surface area contributed by atoms with Crippen LogP contribution in [0.3, 0.4) is 0 Å². The van der Waals surface area contributed by atoms with Crippen LogP contribution in [0.4, 0.5) is 0 Å². The fourth-order valence-corrected chi connectivity index (χ4v) is 2.27. The van der Waals surface area contributed by atoms with Gasteiger partial charge in [-0.1, -0.05) is 19.8 Å². The maximum Gasteiger partial charge on any atom is 0.241 e. The van der Waals surface area contributed by atoms with E-state index in [4.69, 9.17) is 0 Å². The molecule has 1 rings (SSSR count). The summed E-state index contributed by atoms with van der Waals surface area (Å²) < 4.78 is 0. The van der Waals surface area contributed by atoms with Crippen LogP contribution < -0.4 is 10.6 Å². The van der Waals surface area contributed by atoms with Crippen LogP contribution >= 0.6 is 0 Å². The van der Waals surface area contributed by atoms with Crippen molar-refractivity contribution >= 4 is 11.9 Å². The molecule has 18 heavy (non-hydrogen) atoms. The van der Waals surface area contributed by atoms with Crippen molar-refractivity contribution in [2.24, 2.45) is 10.9 Å². The summed E-state index contributed by atoms with van der Waals surface area (Å²) in [7, 11) is 5.24. The van der Waals surface area contributed by atoms with E-state index in [1.807, 2.05) is 0 Å². The van der Waals surface area contributed by atoms with Gasteiger partial charge in [-0.05, 0) is 18.8 Å². The van der Waals surface area contributed by atoms with Gasteiger partial charge in [0, 0.05) is 27.2 Å². The van der Waals surface area contributed by atoms with Gasteiger partial charge < -0.3 is 15.5 Å². The lowest BCUT2D eigenvalue weighted by atomic mass is 9.87. The summed E-state index contributed by atoms with van der Waals surface area (Å²) in [5, 5.41) is 6.46. The first-order valence-corrected chi connectivity index (χ1v) is 6.70. The summed E-state index contributed by atoms with van der Waals surface area (Å²) in [6, 6.07) is 0.481. The van der Waals surface area contributed by atoms with Crippen molar-refractivity contribution < 1.29 is 4.79 Å². The first-order valence-electron chi connectivity index (χ1n) is 6.70. The van der Waals surface area contributed by atoms with Crippen LogP contribution in [-0.4, -0.2) is 50.5 Å². The molecule has 0 aliphatic heterocycles. The topological polar surface area (TPSA) is 56.7 Å². The number of guanidine groups is 1. The second-order valence-corrected chi connectivity index (χ2v) is 5.33. The Morgan fingerprint density at radius 2 is 2.11 bits per heavy atom. The zero-order chi connectivity index (χ0) is 13.5. The Balaban J connectivity index is 2.36. The van der Waals surface area contributed by atoms with E-state index >= 15 is 0 Å². The van der Waals surface area contributed by atoms with Crippen molar-refractivity contribution in [3.8, 4) is 0 Å². The van der Waals surface area contributed by atoms with Gasteiger partial charge in [0.25, 0.3) is 0 Å². The minimum atomic E-state index is 0.0509. The molecule has 1 fully saturated rings. The molecule has 0 aromatic heterocycles. The lowest BCUT2D eigenvalue weighted by Crippen LogP contribution is -2.47. The van der Waals surface area contributed by atoms with Gasteiger partial charge in [-0.3, -0.25) is 9.79 Å². The molecule has 0 aromatic carbocycles. The number of aliphatic imine (C=N–C) groups is 1. The summed E-state index contributed by atoms with van der Waals surface area (Å²) in [5.41, 5.74) is 0. The highest BCUT2D eigenvalue weighted by Crippen LogP contribution is 2.23. The van der Waals surface area contributed by atoms with Gasteiger partial charge in [-0.15, -0.1) is 0 Å². The fraction of sp³-hybridized carbons (Fsp3) is 0.846. The maximum atomic E-state index is 11.5. The van der Waals surface area contributed by atoms with Gasteiger partial charge in [0.15, 0.2) is 5.96 Å². The number of carbonyl (C=O) groups is 1. The molecule has 2 unspecified atom stereocenters. The Morgan fingerprint density at radius 1 is 1.39 bits per heavy atom. The number of hydrogen-bond donors (Lipinski definition) is 2. The molecule has 0 aromatic rings. The van der Waals surface area contributed by atoms with Crippen molar-refractivity contribution in [3.63, 3.8) is 0 Å². The molecule has 0 heterocycles. The van der Waals surface area contributed by atoms with Crippen molar-refractivity contribution in [1.29, 1.82) is 0 Å². The Bertz CT molecular complexity index is 301. The van der Waals surface area contributed by atoms with Gasteiger partial charge in [-0.25, -0.2) is 0 Å². The Hall–Kier alpha value is -1.26. The van der Waals surface area contributed by atoms with Crippen LogP contribution in [-0.2, 0) is 4.79 Å². The Morgan fingerprint density at radius 3 is 2.67 bits per heavy atom. The second-order valence-electron chi connectivity index (χ2n) is 5.33. The van der Waals surface area contributed by atoms with Crippen molar-refractivity contribution in [3.05, 3.63) is 0 Å². The third-order valence-corrected chi connectivity index (χ3v) is 3.41. The van der Waals surface area contributed by atoms with Gasteiger partial charge in [0.2, 0.25) is 5.91 Å². The number of nitrogens with zero attached hydrogens (tertiary/aromatic N) is 2. The summed E-state index contributed by atoms with van der Waals surface area (Å²) in [6.45, 7) is 2.58. The predicted octanol–water partition coefficient (Wildman–Crippen LogP) is 0.818. The first-order chi connectivity index (χ1) is 8.52. The molecule has 1 saturated carbocycles. The zero-order valence-electron chi connectivity index (χ0n) is 12.0. The summed E-state index contributed by atoms with van der Waals surface area (Å²) >= 11 is 0. The van der Waals surface area contributed by atoms with Gasteiger partial charge in [-0.2, -0.15) is 0 Å².